The summed E-state index contributed by atoms with van der Waals surface area (Å²) in [5, 5.41) is 8.59. The molecule has 0 heterocycles. The van der Waals surface area contributed by atoms with Gasteiger partial charge in [-0.2, -0.15) is 0 Å². The van der Waals surface area contributed by atoms with Crippen LogP contribution in [0.2, 0.25) is 0 Å². The Bertz CT molecular complexity index is 360. The van der Waals surface area contributed by atoms with Crippen molar-refractivity contribution in [3.05, 3.63) is 0 Å². The maximum Gasteiger partial charge on any atom is 0.322 e. The van der Waals surface area contributed by atoms with Crippen LogP contribution in [0, 0.1) is 22.2 Å². The number of aliphatic carboxylic acids is 1. The van der Waals surface area contributed by atoms with Gasteiger partial charge in [0.05, 0.1) is 0 Å². The molecule has 4 bridgehead atoms. The molecule has 0 aromatic carbocycles. The first-order chi connectivity index (χ1) is 7.76. The van der Waals surface area contributed by atoms with Crippen LogP contribution in [0.15, 0.2) is 0 Å². The molecule has 2 nitrogen and oxygen atoms in total. The average molecular weight is 257 g/mol. The molecule has 4 fully saturated rings. The van der Waals surface area contributed by atoms with Crippen molar-refractivity contribution in [1.29, 1.82) is 0 Å². The van der Waals surface area contributed by atoms with E-state index in [2.05, 4.69) is 13.8 Å². The molecule has 4 rings (SSSR count). The third-order valence-corrected chi connectivity index (χ3v) is 6.07. The number of carboxylic acid groups (broad SMARTS) is 1. The summed E-state index contributed by atoms with van der Waals surface area (Å²) in [5.41, 5.74) is 0.559. The van der Waals surface area contributed by atoms with Gasteiger partial charge in [-0.3, -0.25) is 4.79 Å². The van der Waals surface area contributed by atoms with Gasteiger partial charge in [-0.15, -0.1) is 11.6 Å². The van der Waals surface area contributed by atoms with Crippen LogP contribution in [0.1, 0.15) is 52.4 Å². The molecule has 0 aliphatic heterocycles. The van der Waals surface area contributed by atoms with Crippen LogP contribution >= 0.6 is 11.6 Å². The molecular weight excluding hydrogens is 236 g/mol. The lowest BCUT2D eigenvalue weighted by Gasteiger charge is -2.66. The van der Waals surface area contributed by atoms with Gasteiger partial charge in [-0.25, -0.2) is 0 Å². The zero-order valence-electron chi connectivity index (χ0n) is 10.6. The zero-order chi connectivity index (χ0) is 12.5. The van der Waals surface area contributed by atoms with Crippen molar-refractivity contribution in [2.45, 2.75) is 57.7 Å². The first-order valence-corrected chi connectivity index (χ1v) is 7.07. The van der Waals surface area contributed by atoms with Crippen LogP contribution in [0.5, 0.6) is 0 Å². The highest BCUT2D eigenvalue weighted by Crippen LogP contribution is 2.70. The molecule has 17 heavy (non-hydrogen) atoms. The zero-order valence-corrected chi connectivity index (χ0v) is 11.4. The molecule has 0 amide bonds. The first-order valence-electron chi connectivity index (χ1n) is 6.63. The number of halogens is 1. The number of rotatable bonds is 2. The van der Waals surface area contributed by atoms with E-state index in [4.69, 9.17) is 11.6 Å². The average Bonchev–Trinajstić information content (AvgIpc) is 2.10. The van der Waals surface area contributed by atoms with Gasteiger partial charge >= 0.3 is 5.97 Å². The molecule has 0 saturated heterocycles. The van der Waals surface area contributed by atoms with Crippen molar-refractivity contribution >= 4 is 17.6 Å². The van der Waals surface area contributed by atoms with Crippen molar-refractivity contribution in [1.82, 2.24) is 0 Å². The normalized spacial score (nSPS) is 53.7. The Labute approximate surface area is 108 Å². The molecule has 0 radical (unpaired) electrons. The van der Waals surface area contributed by atoms with Gasteiger partial charge in [0, 0.05) is 0 Å². The summed E-state index contributed by atoms with van der Waals surface area (Å²) < 4.78 is 0. The third-order valence-electron chi connectivity index (χ3n) is 5.42. The Morgan fingerprint density at radius 2 is 1.71 bits per heavy atom. The third kappa shape index (κ3) is 1.63. The van der Waals surface area contributed by atoms with E-state index in [0.29, 0.717) is 16.7 Å². The van der Waals surface area contributed by atoms with Crippen molar-refractivity contribution < 1.29 is 9.90 Å². The van der Waals surface area contributed by atoms with E-state index in [-0.39, 0.29) is 5.41 Å². The summed E-state index contributed by atoms with van der Waals surface area (Å²) in [5.74, 6) is -0.109. The number of carbonyl (C=O) groups is 1. The van der Waals surface area contributed by atoms with Gasteiger partial charge in [0.2, 0.25) is 0 Å². The van der Waals surface area contributed by atoms with E-state index in [0.717, 1.165) is 19.3 Å². The quantitative estimate of drug-likeness (QED) is 0.766. The van der Waals surface area contributed by atoms with Crippen molar-refractivity contribution in [3.8, 4) is 0 Å². The predicted octanol–water partition coefficient (Wildman–Crippen LogP) is 3.68. The second-order valence-corrected chi connectivity index (χ2v) is 8.13. The van der Waals surface area contributed by atoms with Crippen LogP contribution in [0.4, 0.5) is 0 Å². The second-order valence-electron chi connectivity index (χ2n) is 7.69. The lowest BCUT2D eigenvalue weighted by atomic mass is 9.40. The highest BCUT2D eigenvalue weighted by molar-refractivity contribution is 6.30. The summed E-state index contributed by atoms with van der Waals surface area (Å²) in [7, 11) is 0. The van der Waals surface area contributed by atoms with Gasteiger partial charge in [0.1, 0.15) is 5.38 Å². The predicted molar refractivity (Wildman–Crippen MR) is 67.1 cm³/mol. The van der Waals surface area contributed by atoms with Gasteiger partial charge in [0.25, 0.3) is 0 Å². The minimum atomic E-state index is -0.819. The largest absolute Gasteiger partial charge is 0.480 e. The second kappa shape index (κ2) is 3.20. The highest BCUT2D eigenvalue weighted by Gasteiger charge is 2.63. The minimum Gasteiger partial charge on any atom is -0.480 e. The van der Waals surface area contributed by atoms with Crippen LogP contribution < -0.4 is 0 Å². The molecular formula is C14H21ClO2. The SMILES string of the molecule is CC12CC3CC(C)(C1)CC(C(Cl)C(=O)O)(C3)C2. The lowest BCUT2D eigenvalue weighted by Crippen LogP contribution is -2.59. The van der Waals surface area contributed by atoms with E-state index >= 15 is 0 Å². The Balaban J connectivity index is 2.00. The van der Waals surface area contributed by atoms with Crippen LogP contribution in [-0.4, -0.2) is 16.5 Å². The van der Waals surface area contributed by atoms with Crippen molar-refractivity contribution in [2.75, 3.05) is 0 Å². The summed E-state index contributed by atoms with van der Waals surface area (Å²) in [6.45, 7) is 4.69. The van der Waals surface area contributed by atoms with E-state index in [1.165, 1.54) is 19.3 Å². The van der Waals surface area contributed by atoms with Crippen LogP contribution in [-0.2, 0) is 4.79 Å². The van der Waals surface area contributed by atoms with Crippen molar-refractivity contribution in [3.63, 3.8) is 0 Å². The fraction of sp³-hybridized carbons (Fsp3) is 0.929. The van der Waals surface area contributed by atoms with Gasteiger partial charge in [-0.1, -0.05) is 13.8 Å². The van der Waals surface area contributed by atoms with Crippen LogP contribution in [0.25, 0.3) is 0 Å². The van der Waals surface area contributed by atoms with E-state index in [9.17, 15) is 9.90 Å². The molecule has 4 saturated carbocycles. The minimum absolute atomic E-state index is 0.129. The molecule has 4 aliphatic rings. The molecule has 0 aromatic rings. The maximum absolute atomic E-state index is 11.3. The molecule has 1 N–H and O–H groups in total. The number of carboxylic acids is 1. The van der Waals surface area contributed by atoms with E-state index in [1.807, 2.05) is 0 Å². The maximum atomic E-state index is 11.3. The molecule has 3 heteroatoms. The summed E-state index contributed by atoms with van der Waals surface area (Å²) >= 11 is 6.26. The number of alkyl halides is 1. The molecule has 96 valence electrons. The molecule has 0 aromatic heterocycles. The van der Waals surface area contributed by atoms with Gasteiger partial charge in [0.15, 0.2) is 0 Å². The highest BCUT2D eigenvalue weighted by atomic mass is 35.5. The fourth-order valence-corrected chi connectivity index (χ4v) is 6.32. The van der Waals surface area contributed by atoms with E-state index in [1.54, 1.807) is 0 Å². The summed E-state index contributed by atoms with van der Waals surface area (Å²) in [4.78, 5) is 11.3. The smallest absolute Gasteiger partial charge is 0.322 e. The van der Waals surface area contributed by atoms with Crippen molar-refractivity contribution in [2.24, 2.45) is 22.2 Å². The first kappa shape index (κ1) is 11.8. The molecule has 3 atom stereocenters. The Morgan fingerprint density at radius 1 is 1.18 bits per heavy atom. The Morgan fingerprint density at radius 3 is 2.12 bits per heavy atom. The number of hydrogen-bond donors (Lipinski definition) is 1. The summed E-state index contributed by atoms with van der Waals surface area (Å²) in [6, 6.07) is 0. The van der Waals surface area contributed by atoms with E-state index < -0.39 is 11.3 Å². The molecule has 3 unspecified atom stereocenters. The van der Waals surface area contributed by atoms with Crippen LogP contribution in [0.3, 0.4) is 0 Å². The van der Waals surface area contributed by atoms with Gasteiger partial charge < -0.3 is 5.11 Å². The topological polar surface area (TPSA) is 37.3 Å². The lowest BCUT2D eigenvalue weighted by molar-refractivity contribution is -0.162. The molecule has 4 aliphatic carbocycles. The number of hydrogen-bond acceptors (Lipinski definition) is 1. The Hall–Kier alpha value is -0.240. The Kier molecular flexibility index (Phi) is 2.23. The standard InChI is InChI=1S/C14H21ClO2/c1-12-3-9-4-13(2,6-12)8-14(5-9,7-12)10(15)11(16)17/h9-10H,3-8H2,1-2H3,(H,16,17). The monoisotopic (exact) mass is 256 g/mol. The van der Waals surface area contributed by atoms with Gasteiger partial charge in [-0.05, 0) is 60.7 Å². The fourth-order valence-electron chi connectivity index (χ4n) is 6.08. The molecule has 0 spiro atoms. The summed E-state index contributed by atoms with van der Waals surface area (Å²) in [6.07, 6.45) is 6.92.